The Bertz CT molecular complexity index is 952. The Balaban J connectivity index is 2.12. The lowest BCUT2D eigenvalue weighted by Gasteiger charge is -2.08. The molecule has 22 heavy (non-hydrogen) atoms. The molecule has 0 N–H and O–H groups in total. The Morgan fingerprint density at radius 2 is 1.68 bits per heavy atom. The Morgan fingerprint density at radius 1 is 0.909 bits per heavy atom. The third-order valence-corrected chi connectivity index (χ3v) is 4.60. The summed E-state index contributed by atoms with van der Waals surface area (Å²) >= 11 is 0. The third kappa shape index (κ3) is 1.84. The van der Waals surface area contributed by atoms with Crippen molar-refractivity contribution in [1.82, 2.24) is 0 Å². The van der Waals surface area contributed by atoms with Crippen molar-refractivity contribution in [1.29, 1.82) is 0 Å². The van der Waals surface area contributed by atoms with Gasteiger partial charge in [-0.15, -0.1) is 0 Å². The molecule has 3 aromatic carbocycles. The molecule has 1 aliphatic carbocycles. The summed E-state index contributed by atoms with van der Waals surface area (Å²) in [5.74, 6) is 0.569. The number of rotatable bonds is 2. The molecule has 108 valence electrons. The molecule has 0 aromatic heterocycles. The van der Waals surface area contributed by atoms with Gasteiger partial charge in [0.15, 0.2) is 0 Å². The fraction of sp³-hybridized carbons (Fsp3) is 0.182. The second-order valence-corrected chi connectivity index (χ2v) is 6.52. The highest BCUT2D eigenvalue weighted by Crippen LogP contribution is 2.45. The average molecular weight is 284 g/mol. The summed E-state index contributed by atoms with van der Waals surface area (Å²) in [6, 6.07) is 17.7. The molecule has 1 aliphatic rings. The largest absolute Gasteiger partial charge is 0.0813 e. The van der Waals surface area contributed by atoms with Gasteiger partial charge >= 0.3 is 0 Å². The zero-order valence-corrected chi connectivity index (χ0v) is 13.4. The SMILES string of the molecule is CC1=C(/C=C\C(C)C)c2cccc3cc4ccccc4c1c23. The summed E-state index contributed by atoms with van der Waals surface area (Å²) in [4.78, 5) is 0. The van der Waals surface area contributed by atoms with Crippen molar-refractivity contribution in [3.05, 3.63) is 71.8 Å². The molecule has 0 amide bonds. The average Bonchev–Trinajstić information content (AvgIpc) is 2.80. The monoisotopic (exact) mass is 284 g/mol. The minimum atomic E-state index is 0.569. The quantitative estimate of drug-likeness (QED) is 0.474. The van der Waals surface area contributed by atoms with Gasteiger partial charge in [0.25, 0.3) is 0 Å². The molecular weight excluding hydrogens is 264 g/mol. The number of hydrogen-bond donors (Lipinski definition) is 0. The van der Waals surface area contributed by atoms with Crippen molar-refractivity contribution in [2.45, 2.75) is 20.8 Å². The normalized spacial score (nSPS) is 14.2. The molecule has 0 saturated heterocycles. The Morgan fingerprint density at radius 3 is 2.50 bits per heavy atom. The topological polar surface area (TPSA) is 0 Å². The van der Waals surface area contributed by atoms with E-state index in [1.807, 2.05) is 0 Å². The summed E-state index contributed by atoms with van der Waals surface area (Å²) in [6.07, 6.45) is 4.61. The van der Waals surface area contributed by atoms with E-state index >= 15 is 0 Å². The van der Waals surface area contributed by atoms with Crippen LogP contribution in [0, 0.1) is 5.92 Å². The number of fused-ring (bicyclic) bond motifs is 2. The van der Waals surface area contributed by atoms with E-state index in [0.29, 0.717) is 5.92 Å². The van der Waals surface area contributed by atoms with E-state index in [1.54, 1.807) is 0 Å². The highest BCUT2D eigenvalue weighted by molar-refractivity contribution is 6.22. The van der Waals surface area contributed by atoms with Crippen LogP contribution in [0.2, 0.25) is 0 Å². The minimum Gasteiger partial charge on any atom is -0.0813 e. The van der Waals surface area contributed by atoms with Crippen molar-refractivity contribution in [2.75, 3.05) is 0 Å². The Labute approximate surface area is 131 Å². The number of benzene rings is 3. The third-order valence-electron chi connectivity index (χ3n) is 4.60. The van der Waals surface area contributed by atoms with Crippen LogP contribution in [0.3, 0.4) is 0 Å². The van der Waals surface area contributed by atoms with Gasteiger partial charge in [0.2, 0.25) is 0 Å². The fourth-order valence-electron chi connectivity index (χ4n) is 3.58. The summed E-state index contributed by atoms with van der Waals surface area (Å²) in [7, 11) is 0. The summed E-state index contributed by atoms with van der Waals surface area (Å²) < 4.78 is 0. The zero-order chi connectivity index (χ0) is 15.3. The summed E-state index contributed by atoms with van der Waals surface area (Å²) in [5, 5.41) is 5.46. The lowest BCUT2D eigenvalue weighted by Crippen LogP contribution is -1.84. The maximum absolute atomic E-state index is 2.32. The van der Waals surface area contributed by atoms with E-state index in [4.69, 9.17) is 0 Å². The molecule has 0 radical (unpaired) electrons. The second kappa shape index (κ2) is 4.84. The first-order chi connectivity index (χ1) is 10.7. The summed E-state index contributed by atoms with van der Waals surface area (Å²) in [5.41, 5.74) is 5.59. The molecule has 0 atom stereocenters. The van der Waals surface area contributed by atoms with Crippen LogP contribution in [0.5, 0.6) is 0 Å². The first-order valence-corrected chi connectivity index (χ1v) is 8.01. The maximum Gasteiger partial charge on any atom is -0.00234 e. The van der Waals surface area contributed by atoms with Crippen LogP contribution in [0.15, 0.2) is 60.7 Å². The first kappa shape index (κ1) is 13.3. The highest BCUT2D eigenvalue weighted by atomic mass is 14.2. The first-order valence-electron chi connectivity index (χ1n) is 8.01. The van der Waals surface area contributed by atoms with E-state index < -0.39 is 0 Å². The molecule has 0 saturated carbocycles. The van der Waals surface area contributed by atoms with Gasteiger partial charge in [0, 0.05) is 0 Å². The van der Waals surface area contributed by atoms with Crippen molar-refractivity contribution in [3.63, 3.8) is 0 Å². The minimum absolute atomic E-state index is 0.569. The molecule has 0 bridgehead atoms. The number of allylic oxidation sites excluding steroid dienone is 4. The molecule has 0 fully saturated rings. The molecular formula is C22H20. The lowest BCUT2D eigenvalue weighted by atomic mass is 9.95. The lowest BCUT2D eigenvalue weighted by molar-refractivity contribution is 0.832. The number of hydrogen-bond acceptors (Lipinski definition) is 0. The van der Waals surface area contributed by atoms with E-state index in [9.17, 15) is 0 Å². The van der Waals surface area contributed by atoms with Crippen molar-refractivity contribution < 1.29 is 0 Å². The van der Waals surface area contributed by atoms with Gasteiger partial charge in [-0.2, -0.15) is 0 Å². The van der Waals surface area contributed by atoms with Crippen LogP contribution in [-0.2, 0) is 0 Å². The molecule has 4 rings (SSSR count). The van der Waals surface area contributed by atoms with E-state index in [2.05, 4.69) is 81.5 Å². The van der Waals surface area contributed by atoms with Crippen molar-refractivity contribution in [2.24, 2.45) is 5.92 Å². The van der Waals surface area contributed by atoms with Gasteiger partial charge in [0.1, 0.15) is 0 Å². The smallest absolute Gasteiger partial charge is 0.00234 e. The van der Waals surface area contributed by atoms with Gasteiger partial charge < -0.3 is 0 Å². The molecule has 3 aromatic rings. The molecule has 0 heteroatoms. The van der Waals surface area contributed by atoms with Crippen LogP contribution < -0.4 is 0 Å². The van der Waals surface area contributed by atoms with Crippen LogP contribution in [0.1, 0.15) is 31.9 Å². The predicted octanol–water partition coefficient (Wildman–Crippen LogP) is 6.45. The van der Waals surface area contributed by atoms with E-state index in [-0.39, 0.29) is 0 Å². The Hall–Kier alpha value is -2.34. The van der Waals surface area contributed by atoms with Crippen molar-refractivity contribution >= 4 is 32.7 Å². The maximum atomic E-state index is 2.32. The van der Waals surface area contributed by atoms with Crippen LogP contribution in [0.4, 0.5) is 0 Å². The highest BCUT2D eigenvalue weighted by Gasteiger charge is 2.22. The molecule has 0 heterocycles. The van der Waals surface area contributed by atoms with Gasteiger partial charge in [-0.1, -0.05) is 68.5 Å². The van der Waals surface area contributed by atoms with Crippen LogP contribution >= 0.6 is 0 Å². The van der Waals surface area contributed by atoms with Gasteiger partial charge in [-0.25, -0.2) is 0 Å². The van der Waals surface area contributed by atoms with Crippen molar-refractivity contribution in [3.8, 4) is 0 Å². The van der Waals surface area contributed by atoms with Gasteiger partial charge in [0.05, 0.1) is 0 Å². The molecule has 0 aliphatic heterocycles. The molecule has 0 spiro atoms. The fourth-order valence-corrected chi connectivity index (χ4v) is 3.58. The zero-order valence-electron chi connectivity index (χ0n) is 13.4. The molecule has 0 nitrogen and oxygen atoms in total. The van der Waals surface area contributed by atoms with E-state index in [1.165, 1.54) is 43.8 Å². The predicted molar refractivity (Wildman–Crippen MR) is 97.9 cm³/mol. The standard InChI is InChI=1S/C22H20/c1-14(2)11-12-18-15(3)21-19-9-5-4-7-16(19)13-17-8-6-10-20(18)22(17)21/h4-14H,1-3H3/b12-11-. The van der Waals surface area contributed by atoms with Crippen LogP contribution in [-0.4, -0.2) is 0 Å². The van der Waals surface area contributed by atoms with E-state index in [0.717, 1.165) is 0 Å². The molecule has 0 unspecified atom stereocenters. The van der Waals surface area contributed by atoms with Gasteiger partial charge in [-0.3, -0.25) is 0 Å². The summed E-state index contributed by atoms with van der Waals surface area (Å²) in [6.45, 7) is 6.72. The Kier molecular flexibility index (Phi) is 2.94. The second-order valence-electron chi connectivity index (χ2n) is 6.52. The van der Waals surface area contributed by atoms with Crippen LogP contribution in [0.25, 0.3) is 32.7 Å². The van der Waals surface area contributed by atoms with Gasteiger partial charge in [-0.05, 0) is 62.7 Å².